The molecule has 1 aromatic heterocycles. The minimum Gasteiger partial charge on any atom is -0.481 e. The lowest BCUT2D eigenvalue weighted by Gasteiger charge is -2.28. The maximum atomic E-state index is 11.5. The Kier molecular flexibility index (Phi) is 3.32. The van der Waals surface area contributed by atoms with Gasteiger partial charge in [0.05, 0.1) is 5.41 Å². The lowest BCUT2D eigenvalue weighted by molar-refractivity contribution is -0.150. The summed E-state index contributed by atoms with van der Waals surface area (Å²) >= 11 is 0. The minimum atomic E-state index is -0.622. The normalized spacial score (nSPS) is 20.2. The van der Waals surface area contributed by atoms with Gasteiger partial charge < -0.3 is 9.67 Å². The molecule has 1 heterocycles. The summed E-state index contributed by atoms with van der Waals surface area (Å²) in [7, 11) is 0. The summed E-state index contributed by atoms with van der Waals surface area (Å²) in [4.78, 5) is 11.5. The molecule has 1 fully saturated rings. The van der Waals surface area contributed by atoms with E-state index in [0.29, 0.717) is 6.54 Å². The molecule has 3 nitrogen and oxygen atoms in total. The molecular weight excluding hydrogens is 202 g/mol. The minimum absolute atomic E-state index is 0.532. The summed E-state index contributed by atoms with van der Waals surface area (Å²) in [5.41, 5.74) is -0.532. The molecule has 0 aliphatic heterocycles. The molecule has 0 amide bonds. The van der Waals surface area contributed by atoms with Crippen LogP contribution in [-0.2, 0) is 11.3 Å². The standard InChI is InChI=1S/C13H19NO2/c15-12(16)13(7-3-1-2-4-8-13)11-14-9-5-6-10-14/h5-6,9-10H,1-4,7-8,11H2,(H,15,16). The van der Waals surface area contributed by atoms with Crippen LogP contribution in [-0.4, -0.2) is 15.6 Å². The second kappa shape index (κ2) is 4.73. The molecule has 3 heteroatoms. The Morgan fingerprint density at radius 3 is 2.19 bits per heavy atom. The second-order valence-corrected chi connectivity index (χ2v) is 4.86. The molecule has 1 aliphatic carbocycles. The Morgan fingerprint density at radius 2 is 1.69 bits per heavy atom. The molecule has 0 spiro atoms. The van der Waals surface area contributed by atoms with Crippen molar-refractivity contribution < 1.29 is 9.90 Å². The van der Waals surface area contributed by atoms with E-state index in [-0.39, 0.29) is 0 Å². The highest BCUT2D eigenvalue weighted by molar-refractivity contribution is 5.74. The van der Waals surface area contributed by atoms with Crippen molar-refractivity contribution in [1.29, 1.82) is 0 Å². The van der Waals surface area contributed by atoms with Crippen molar-refractivity contribution in [2.45, 2.75) is 45.1 Å². The fraction of sp³-hybridized carbons (Fsp3) is 0.615. The SMILES string of the molecule is O=C(O)C1(Cn2cccc2)CCCCCC1. The van der Waals surface area contributed by atoms with Crippen molar-refractivity contribution in [2.75, 3.05) is 0 Å². The fourth-order valence-electron chi connectivity index (χ4n) is 2.67. The van der Waals surface area contributed by atoms with E-state index in [2.05, 4.69) is 0 Å². The van der Waals surface area contributed by atoms with Crippen LogP contribution in [0.1, 0.15) is 38.5 Å². The van der Waals surface area contributed by atoms with Crippen LogP contribution >= 0.6 is 0 Å². The van der Waals surface area contributed by atoms with Gasteiger partial charge in [0.25, 0.3) is 0 Å². The maximum Gasteiger partial charge on any atom is 0.311 e. The molecule has 1 aliphatic rings. The lowest BCUT2D eigenvalue weighted by atomic mass is 9.80. The highest BCUT2D eigenvalue weighted by Gasteiger charge is 2.38. The molecule has 88 valence electrons. The van der Waals surface area contributed by atoms with E-state index >= 15 is 0 Å². The molecule has 0 bridgehead atoms. The van der Waals surface area contributed by atoms with E-state index in [1.807, 2.05) is 29.1 Å². The first kappa shape index (κ1) is 11.2. The Labute approximate surface area is 96.1 Å². The van der Waals surface area contributed by atoms with E-state index in [0.717, 1.165) is 25.7 Å². The summed E-state index contributed by atoms with van der Waals surface area (Å²) < 4.78 is 2.00. The molecule has 0 aromatic carbocycles. The first-order valence-electron chi connectivity index (χ1n) is 6.07. The Morgan fingerprint density at radius 1 is 1.12 bits per heavy atom. The number of carboxylic acids is 1. The van der Waals surface area contributed by atoms with Crippen molar-refractivity contribution in [2.24, 2.45) is 5.41 Å². The van der Waals surface area contributed by atoms with E-state index in [9.17, 15) is 9.90 Å². The van der Waals surface area contributed by atoms with Gasteiger partial charge in [-0.3, -0.25) is 4.79 Å². The second-order valence-electron chi connectivity index (χ2n) is 4.86. The summed E-state index contributed by atoms with van der Waals surface area (Å²) in [6.45, 7) is 0.620. The average molecular weight is 221 g/mol. The summed E-state index contributed by atoms with van der Waals surface area (Å²) in [6, 6.07) is 3.90. The molecule has 0 atom stereocenters. The number of rotatable bonds is 3. The van der Waals surface area contributed by atoms with E-state index in [4.69, 9.17) is 0 Å². The van der Waals surface area contributed by atoms with Gasteiger partial charge in [-0.25, -0.2) is 0 Å². The Bertz CT molecular complexity index is 335. The fourth-order valence-corrected chi connectivity index (χ4v) is 2.67. The zero-order valence-electron chi connectivity index (χ0n) is 9.56. The van der Waals surface area contributed by atoms with E-state index in [1.165, 1.54) is 12.8 Å². The van der Waals surface area contributed by atoms with Crippen molar-refractivity contribution in [3.8, 4) is 0 Å². The van der Waals surface area contributed by atoms with Crippen LogP contribution in [0, 0.1) is 5.41 Å². The van der Waals surface area contributed by atoms with E-state index in [1.54, 1.807) is 0 Å². The number of hydrogen-bond donors (Lipinski definition) is 1. The maximum absolute atomic E-state index is 11.5. The first-order chi connectivity index (χ1) is 7.73. The summed E-state index contributed by atoms with van der Waals surface area (Å²) in [5.74, 6) is -0.622. The topological polar surface area (TPSA) is 42.2 Å². The monoisotopic (exact) mass is 221 g/mol. The Balaban J connectivity index is 2.17. The molecule has 1 N–H and O–H groups in total. The molecule has 0 radical (unpaired) electrons. The Hall–Kier alpha value is -1.25. The molecule has 1 aromatic rings. The third kappa shape index (κ3) is 2.29. The van der Waals surface area contributed by atoms with Gasteiger partial charge in [0.2, 0.25) is 0 Å². The summed E-state index contributed by atoms with van der Waals surface area (Å²) in [6.07, 6.45) is 10.0. The molecule has 2 rings (SSSR count). The molecule has 0 saturated heterocycles. The van der Waals surface area contributed by atoms with Gasteiger partial charge in [0.1, 0.15) is 0 Å². The molecular formula is C13H19NO2. The zero-order valence-corrected chi connectivity index (χ0v) is 9.56. The smallest absolute Gasteiger partial charge is 0.311 e. The third-order valence-electron chi connectivity index (χ3n) is 3.67. The lowest BCUT2D eigenvalue weighted by Crippen LogP contribution is -2.34. The quantitative estimate of drug-likeness (QED) is 0.797. The van der Waals surface area contributed by atoms with Crippen LogP contribution < -0.4 is 0 Å². The number of carbonyl (C=O) groups is 1. The number of hydrogen-bond acceptors (Lipinski definition) is 1. The van der Waals surface area contributed by atoms with Crippen LogP contribution in [0.4, 0.5) is 0 Å². The molecule has 1 saturated carbocycles. The van der Waals surface area contributed by atoms with Crippen LogP contribution in [0.15, 0.2) is 24.5 Å². The zero-order chi connectivity index (χ0) is 11.4. The van der Waals surface area contributed by atoms with Crippen molar-refractivity contribution >= 4 is 5.97 Å². The number of carboxylic acid groups (broad SMARTS) is 1. The van der Waals surface area contributed by atoms with Gasteiger partial charge in [-0.2, -0.15) is 0 Å². The van der Waals surface area contributed by atoms with Gasteiger partial charge in [-0.15, -0.1) is 0 Å². The highest BCUT2D eigenvalue weighted by atomic mass is 16.4. The van der Waals surface area contributed by atoms with Crippen molar-refractivity contribution in [3.05, 3.63) is 24.5 Å². The highest BCUT2D eigenvalue weighted by Crippen LogP contribution is 2.36. The van der Waals surface area contributed by atoms with Gasteiger partial charge in [-0.05, 0) is 25.0 Å². The van der Waals surface area contributed by atoms with Gasteiger partial charge in [0, 0.05) is 18.9 Å². The van der Waals surface area contributed by atoms with Crippen LogP contribution in [0.3, 0.4) is 0 Å². The summed E-state index contributed by atoms with van der Waals surface area (Å²) in [5, 5.41) is 9.50. The predicted octanol–water partition coefficient (Wildman–Crippen LogP) is 2.91. The van der Waals surface area contributed by atoms with Gasteiger partial charge in [-0.1, -0.05) is 25.7 Å². The van der Waals surface area contributed by atoms with Crippen LogP contribution in [0.2, 0.25) is 0 Å². The third-order valence-corrected chi connectivity index (χ3v) is 3.67. The van der Waals surface area contributed by atoms with E-state index < -0.39 is 11.4 Å². The van der Waals surface area contributed by atoms with Crippen molar-refractivity contribution in [3.63, 3.8) is 0 Å². The number of aliphatic carboxylic acids is 1. The average Bonchev–Trinajstić information content (AvgIpc) is 2.62. The molecule has 16 heavy (non-hydrogen) atoms. The van der Waals surface area contributed by atoms with Crippen LogP contribution in [0.5, 0.6) is 0 Å². The predicted molar refractivity (Wildman–Crippen MR) is 62.2 cm³/mol. The number of aromatic nitrogens is 1. The van der Waals surface area contributed by atoms with Gasteiger partial charge >= 0.3 is 5.97 Å². The van der Waals surface area contributed by atoms with Crippen LogP contribution in [0.25, 0.3) is 0 Å². The van der Waals surface area contributed by atoms with Crippen molar-refractivity contribution in [1.82, 2.24) is 4.57 Å². The van der Waals surface area contributed by atoms with Gasteiger partial charge in [0.15, 0.2) is 0 Å². The molecule has 0 unspecified atom stereocenters. The first-order valence-corrected chi connectivity index (χ1v) is 6.07. The number of nitrogens with zero attached hydrogens (tertiary/aromatic N) is 1. The largest absolute Gasteiger partial charge is 0.481 e.